The summed E-state index contributed by atoms with van der Waals surface area (Å²) in [6.07, 6.45) is 3.00. The molecule has 0 rings (SSSR count). The van der Waals surface area contributed by atoms with Crippen molar-refractivity contribution in [1.29, 1.82) is 0 Å². The summed E-state index contributed by atoms with van der Waals surface area (Å²) in [6.45, 7) is 5.68. The van der Waals surface area contributed by atoms with Gasteiger partial charge in [0.2, 0.25) is 0 Å². The van der Waals surface area contributed by atoms with Gasteiger partial charge in [-0.3, -0.25) is 9.59 Å². The molecule has 0 aromatic carbocycles. The van der Waals surface area contributed by atoms with Gasteiger partial charge in [-0.05, 0) is 34.9 Å². The molecule has 0 aliphatic carbocycles. The zero-order valence-electron chi connectivity index (χ0n) is 11.1. The molecule has 0 radical (unpaired) electrons. The number of carboxylic acid groups (broad SMARTS) is 1. The standard InChI is InChI=1S/C12H21NO4/c1-12(2,3)17-11(16)9(10(14)15)7-6-8-13(4)5/h6-7,9H,8H2,1-5H3,(H,14,15). The van der Waals surface area contributed by atoms with Gasteiger partial charge in [-0.1, -0.05) is 12.2 Å². The molecule has 1 atom stereocenters. The number of likely N-dealkylation sites (N-methyl/N-ethyl adjacent to an activating group) is 1. The van der Waals surface area contributed by atoms with Gasteiger partial charge in [-0.25, -0.2) is 0 Å². The smallest absolute Gasteiger partial charge is 0.324 e. The number of ether oxygens (including phenoxy) is 1. The minimum atomic E-state index is -1.24. The molecule has 5 nitrogen and oxygen atoms in total. The van der Waals surface area contributed by atoms with Gasteiger partial charge >= 0.3 is 11.9 Å². The summed E-state index contributed by atoms with van der Waals surface area (Å²) in [4.78, 5) is 24.4. The van der Waals surface area contributed by atoms with Crippen LogP contribution in [0.1, 0.15) is 20.8 Å². The Morgan fingerprint density at radius 2 is 1.88 bits per heavy atom. The molecule has 0 amide bonds. The first kappa shape index (κ1) is 15.6. The molecule has 0 aliphatic heterocycles. The molecule has 17 heavy (non-hydrogen) atoms. The summed E-state index contributed by atoms with van der Waals surface area (Å²) < 4.78 is 5.03. The first-order valence-electron chi connectivity index (χ1n) is 5.40. The maximum Gasteiger partial charge on any atom is 0.324 e. The second-order valence-electron chi connectivity index (χ2n) is 5.04. The van der Waals surface area contributed by atoms with Crippen molar-refractivity contribution in [3.63, 3.8) is 0 Å². The van der Waals surface area contributed by atoms with Crippen molar-refractivity contribution in [3.8, 4) is 0 Å². The van der Waals surface area contributed by atoms with Crippen molar-refractivity contribution in [2.75, 3.05) is 20.6 Å². The summed E-state index contributed by atoms with van der Waals surface area (Å²) in [5.74, 6) is -3.18. The Labute approximate surface area is 102 Å². The van der Waals surface area contributed by atoms with Crippen LogP contribution < -0.4 is 0 Å². The summed E-state index contributed by atoms with van der Waals surface area (Å²) in [7, 11) is 3.71. The average molecular weight is 243 g/mol. The quantitative estimate of drug-likeness (QED) is 0.445. The Bertz CT molecular complexity index is 302. The Morgan fingerprint density at radius 3 is 2.24 bits per heavy atom. The summed E-state index contributed by atoms with van der Waals surface area (Å²) in [5, 5.41) is 8.94. The topological polar surface area (TPSA) is 66.8 Å². The van der Waals surface area contributed by atoms with Crippen LogP contribution in [0.2, 0.25) is 0 Å². The first-order valence-corrected chi connectivity index (χ1v) is 5.40. The molecule has 1 unspecified atom stereocenters. The molecule has 0 fully saturated rings. The van der Waals surface area contributed by atoms with Gasteiger partial charge in [-0.15, -0.1) is 0 Å². The molecule has 1 N–H and O–H groups in total. The highest BCUT2D eigenvalue weighted by atomic mass is 16.6. The number of rotatable bonds is 5. The third kappa shape index (κ3) is 7.52. The molecule has 0 bridgehead atoms. The van der Waals surface area contributed by atoms with E-state index in [2.05, 4.69) is 0 Å². The van der Waals surface area contributed by atoms with Crippen LogP contribution in [-0.2, 0) is 14.3 Å². The predicted molar refractivity (Wildman–Crippen MR) is 64.7 cm³/mol. The van der Waals surface area contributed by atoms with E-state index in [1.807, 2.05) is 19.0 Å². The lowest BCUT2D eigenvalue weighted by atomic mass is 10.1. The Morgan fingerprint density at radius 1 is 1.35 bits per heavy atom. The lowest BCUT2D eigenvalue weighted by Crippen LogP contribution is -2.31. The third-order valence-electron chi connectivity index (χ3n) is 1.73. The maximum absolute atomic E-state index is 11.6. The van der Waals surface area contributed by atoms with Crippen LogP contribution >= 0.6 is 0 Å². The van der Waals surface area contributed by atoms with Gasteiger partial charge in [-0.2, -0.15) is 0 Å². The number of carbonyl (C=O) groups is 2. The number of carboxylic acids is 1. The van der Waals surface area contributed by atoms with Gasteiger partial charge in [0, 0.05) is 6.54 Å². The molecule has 0 aromatic rings. The van der Waals surface area contributed by atoms with E-state index in [1.165, 1.54) is 6.08 Å². The van der Waals surface area contributed by atoms with Gasteiger partial charge in [0.25, 0.3) is 0 Å². The molecule has 0 saturated carbocycles. The van der Waals surface area contributed by atoms with E-state index in [4.69, 9.17) is 9.84 Å². The van der Waals surface area contributed by atoms with E-state index in [9.17, 15) is 9.59 Å². The molecule has 5 heteroatoms. The normalized spacial score (nSPS) is 14.0. The van der Waals surface area contributed by atoms with E-state index in [-0.39, 0.29) is 0 Å². The largest absolute Gasteiger partial charge is 0.480 e. The predicted octanol–water partition coefficient (Wildman–Crippen LogP) is 1.15. The lowest BCUT2D eigenvalue weighted by molar-refractivity contribution is -0.164. The Hall–Kier alpha value is -1.36. The number of hydrogen-bond donors (Lipinski definition) is 1. The van der Waals surface area contributed by atoms with Crippen molar-refractivity contribution < 1.29 is 19.4 Å². The molecule has 0 saturated heterocycles. The fraction of sp³-hybridized carbons (Fsp3) is 0.667. The minimum absolute atomic E-state index is 0.576. The van der Waals surface area contributed by atoms with Crippen molar-refractivity contribution in [1.82, 2.24) is 4.90 Å². The van der Waals surface area contributed by atoms with Crippen molar-refractivity contribution in [2.24, 2.45) is 5.92 Å². The Kier molecular flexibility index (Phi) is 5.88. The summed E-state index contributed by atoms with van der Waals surface area (Å²) >= 11 is 0. The van der Waals surface area contributed by atoms with Crippen LogP contribution in [-0.4, -0.2) is 48.2 Å². The zero-order valence-corrected chi connectivity index (χ0v) is 11.1. The monoisotopic (exact) mass is 243 g/mol. The van der Waals surface area contributed by atoms with Crippen molar-refractivity contribution >= 4 is 11.9 Å². The minimum Gasteiger partial charge on any atom is -0.480 e. The first-order chi connectivity index (χ1) is 7.63. The Balaban J connectivity index is 4.59. The zero-order chi connectivity index (χ0) is 13.6. The molecule has 0 aromatic heterocycles. The molecule has 0 spiro atoms. The number of esters is 1. The fourth-order valence-electron chi connectivity index (χ4n) is 1.03. The van der Waals surface area contributed by atoms with Crippen LogP contribution in [0.5, 0.6) is 0 Å². The van der Waals surface area contributed by atoms with Crippen molar-refractivity contribution in [2.45, 2.75) is 26.4 Å². The van der Waals surface area contributed by atoms with Gasteiger partial charge < -0.3 is 14.7 Å². The average Bonchev–Trinajstić information content (AvgIpc) is 2.07. The molecule has 0 heterocycles. The fourth-order valence-corrected chi connectivity index (χ4v) is 1.03. The van der Waals surface area contributed by atoms with Gasteiger partial charge in [0.15, 0.2) is 5.92 Å². The van der Waals surface area contributed by atoms with E-state index < -0.39 is 23.5 Å². The highest BCUT2D eigenvalue weighted by Crippen LogP contribution is 2.12. The van der Waals surface area contributed by atoms with Gasteiger partial charge in [0.1, 0.15) is 5.60 Å². The SMILES string of the molecule is CN(C)CC=CC(C(=O)O)C(=O)OC(C)(C)C. The van der Waals surface area contributed by atoms with E-state index >= 15 is 0 Å². The van der Waals surface area contributed by atoms with E-state index in [1.54, 1.807) is 26.8 Å². The third-order valence-corrected chi connectivity index (χ3v) is 1.73. The van der Waals surface area contributed by atoms with E-state index in [0.29, 0.717) is 6.54 Å². The van der Waals surface area contributed by atoms with E-state index in [0.717, 1.165) is 0 Å². The molecular formula is C12H21NO4. The number of carbonyl (C=O) groups excluding carboxylic acids is 1. The van der Waals surface area contributed by atoms with Gasteiger partial charge in [0.05, 0.1) is 0 Å². The van der Waals surface area contributed by atoms with Crippen molar-refractivity contribution in [3.05, 3.63) is 12.2 Å². The van der Waals surface area contributed by atoms with Crippen LogP contribution in [0, 0.1) is 5.92 Å². The number of aliphatic carboxylic acids is 1. The lowest BCUT2D eigenvalue weighted by Gasteiger charge is -2.21. The molecule has 98 valence electrons. The summed E-state index contributed by atoms with van der Waals surface area (Å²) in [5.41, 5.74) is -0.680. The van der Waals surface area contributed by atoms with Crippen LogP contribution in [0.3, 0.4) is 0 Å². The van der Waals surface area contributed by atoms with Crippen LogP contribution in [0.4, 0.5) is 0 Å². The maximum atomic E-state index is 11.6. The second-order valence-corrected chi connectivity index (χ2v) is 5.04. The highest BCUT2D eigenvalue weighted by molar-refractivity contribution is 5.96. The number of hydrogen-bond acceptors (Lipinski definition) is 4. The summed E-state index contributed by atoms with van der Waals surface area (Å²) in [6, 6.07) is 0. The number of nitrogens with zero attached hydrogens (tertiary/aromatic N) is 1. The highest BCUT2D eigenvalue weighted by Gasteiger charge is 2.28. The van der Waals surface area contributed by atoms with Crippen LogP contribution in [0.15, 0.2) is 12.2 Å². The molecular weight excluding hydrogens is 222 g/mol. The second kappa shape index (κ2) is 6.39. The molecule has 0 aliphatic rings. The van der Waals surface area contributed by atoms with Crippen LogP contribution in [0.25, 0.3) is 0 Å².